The third-order valence-corrected chi connectivity index (χ3v) is 7.29. The number of anilines is 2. The molecule has 0 spiro atoms. The van der Waals surface area contributed by atoms with Gasteiger partial charge in [0.2, 0.25) is 15.9 Å². The highest BCUT2D eigenvalue weighted by atomic mass is 32.2. The standard InChI is InChI=1S/C18H22N6O5S/c1-21-16-15(17(26)22(2)18(21)27)23(11-19-16)10-14(25)20-12-5-3-6-13(9-12)24-7-4-8-30(24,28)29/h3,5-6,9,11,15-16H,4,7-8,10H2,1-2H3,(H,20,25). The number of nitrogens with one attached hydrogen (secondary N) is 1. The van der Waals surface area contributed by atoms with Gasteiger partial charge < -0.3 is 15.1 Å². The zero-order valence-corrected chi connectivity index (χ0v) is 17.4. The highest BCUT2D eigenvalue weighted by molar-refractivity contribution is 7.93. The van der Waals surface area contributed by atoms with Crippen molar-refractivity contribution in [2.45, 2.75) is 18.6 Å². The number of carbonyl (C=O) groups is 3. The fraction of sp³-hybridized carbons (Fsp3) is 0.444. The van der Waals surface area contributed by atoms with Crippen LogP contribution in [0.2, 0.25) is 0 Å². The number of rotatable bonds is 4. The SMILES string of the molecule is CN1C(=O)C2C(N=CN2CC(=O)Nc2cccc(N3CCCS3(=O)=O)c2)N(C)C1=O. The topological polar surface area (TPSA) is 123 Å². The van der Waals surface area contributed by atoms with E-state index in [0.29, 0.717) is 24.3 Å². The number of amides is 4. The molecule has 2 unspecified atom stereocenters. The average molecular weight is 434 g/mol. The van der Waals surface area contributed by atoms with E-state index in [1.807, 2.05) is 0 Å². The van der Waals surface area contributed by atoms with E-state index in [9.17, 15) is 22.8 Å². The molecule has 4 rings (SSSR count). The van der Waals surface area contributed by atoms with Crippen LogP contribution in [0.25, 0.3) is 0 Å². The molecule has 3 aliphatic heterocycles. The summed E-state index contributed by atoms with van der Waals surface area (Å²) in [5, 5.41) is 2.73. The minimum Gasteiger partial charge on any atom is -0.338 e. The van der Waals surface area contributed by atoms with Gasteiger partial charge >= 0.3 is 6.03 Å². The maximum absolute atomic E-state index is 12.6. The highest BCUT2D eigenvalue weighted by Crippen LogP contribution is 2.27. The van der Waals surface area contributed by atoms with E-state index in [2.05, 4.69) is 10.3 Å². The number of nitrogens with zero attached hydrogens (tertiary/aromatic N) is 5. The molecular formula is C18H22N6O5S. The summed E-state index contributed by atoms with van der Waals surface area (Å²) in [5.74, 6) is -0.701. The van der Waals surface area contributed by atoms with Gasteiger partial charge in [0.15, 0.2) is 12.2 Å². The molecular weight excluding hydrogens is 412 g/mol. The number of fused-ring (bicyclic) bond motifs is 1. The zero-order valence-electron chi connectivity index (χ0n) is 16.6. The number of likely N-dealkylation sites (N-methyl/N-ethyl adjacent to an activating group) is 2. The van der Waals surface area contributed by atoms with Crippen molar-refractivity contribution in [1.29, 1.82) is 0 Å². The molecule has 2 saturated heterocycles. The summed E-state index contributed by atoms with van der Waals surface area (Å²) >= 11 is 0. The predicted molar refractivity (Wildman–Crippen MR) is 110 cm³/mol. The normalized spacial score (nSPS) is 25.1. The van der Waals surface area contributed by atoms with Crippen molar-refractivity contribution in [3.05, 3.63) is 24.3 Å². The van der Waals surface area contributed by atoms with Crippen LogP contribution in [0.5, 0.6) is 0 Å². The average Bonchev–Trinajstić information content (AvgIpc) is 3.27. The molecule has 2 fully saturated rings. The van der Waals surface area contributed by atoms with Crippen LogP contribution in [0, 0.1) is 0 Å². The third-order valence-electron chi connectivity index (χ3n) is 5.42. The number of urea groups is 1. The number of sulfonamides is 1. The highest BCUT2D eigenvalue weighted by Gasteiger charge is 2.48. The first-order valence-corrected chi connectivity index (χ1v) is 11.0. The Morgan fingerprint density at radius 1 is 1.27 bits per heavy atom. The zero-order chi connectivity index (χ0) is 21.6. The van der Waals surface area contributed by atoms with Crippen molar-refractivity contribution in [2.24, 2.45) is 4.99 Å². The third kappa shape index (κ3) is 3.36. The number of hydrogen-bond donors (Lipinski definition) is 1. The van der Waals surface area contributed by atoms with E-state index in [-0.39, 0.29) is 12.3 Å². The van der Waals surface area contributed by atoms with E-state index >= 15 is 0 Å². The molecule has 0 radical (unpaired) electrons. The Morgan fingerprint density at radius 3 is 2.73 bits per heavy atom. The molecule has 0 bridgehead atoms. The van der Waals surface area contributed by atoms with Crippen molar-refractivity contribution in [3.63, 3.8) is 0 Å². The van der Waals surface area contributed by atoms with E-state index in [0.717, 1.165) is 4.90 Å². The Kier molecular flexibility index (Phi) is 4.88. The van der Waals surface area contributed by atoms with Gasteiger partial charge in [-0.2, -0.15) is 0 Å². The second kappa shape index (κ2) is 7.27. The van der Waals surface area contributed by atoms with Gasteiger partial charge in [0, 0.05) is 26.3 Å². The van der Waals surface area contributed by atoms with Crippen molar-refractivity contribution in [2.75, 3.05) is 42.6 Å². The van der Waals surface area contributed by atoms with E-state index in [1.165, 1.54) is 27.5 Å². The van der Waals surface area contributed by atoms with Crippen molar-refractivity contribution in [1.82, 2.24) is 14.7 Å². The number of carbonyl (C=O) groups excluding carboxylic acids is 3. The maximum Gasteiger partial charge on any atom is 0.328 e. The summed E-state index contributed by atoms with van der Waals surface area (Å²) in [5.41, 5.74) is 0.948. The van der Waals surface area contributed by atoms with Crippen LogP contribution in [-0.4, -0.2) is 92.4 Å². The molecule has 0 saturated carbocycles. The largest absolute Gasteiger partial charge is 0.338 e. The number of hydrogen-bond acceptors (Lipinski definition) is 7. The fourth-order valence-electron chi connectivity index (χ4n) is 3.88. The van der Waals surface area contributed by atoms with Crippen LogP contribution in [0.15, 0.2) is 29.3 Å². The van der Waals surface area contributed by atoms with Gasteiger partial charge in [-0.1, -0.05) is 6.07 Å². The summed E-state index contributed by atoms with van der Waals surface area (Å²) < 4.78 is 25.6. The van der Waals surface area contributed by atoms with Gasteiger partial charge in [0.1, 0.15) is 0 Å². The molecule has 11 nitrogen and oxygen atoms in total. The van der Waals surface area contributed by atoms with E-state index in [4.69, 9.17) is 0 Å². The Hall–Kier alpha value is -3.15. The summed E-state index contributed by atoms with van der Waals surface area (Å²) in [4.78, 5) is 45.2. The molecule has 1 aromatic carbocycles. The Balaban J connectivity index is 1.45. The number of imide groups is 1. The van der Waals surface area contributed by atoms with Crippen molar-refractivity contribution in [3.8, 4) is 0 Å². The number of benzene rings is 1. The second-order valence-corrected chi connectivity index (χ2v) is 9.44. The lowest BCUT2D eigenvalue weighted by Crippen LogP contribution is -2.64. The lowest BCUT2D eigenvalue weighted by atomic mass is 10.1. The minimum absolute atomic E-state index is 0.111. The monoisotopic (exact) mass is 434 g/mol. The van der Waals surface area contributed by atoms with Crippen LogP contribution < -0.4 is 9.62 Å². The lowest BCUT2D eigenvalue weighted by Gasteiger charge is -2.39. The van der Waals surface area contributed by atoms with Gasteiger partial charge in [-0.05, 0) is 24.6 Å². The first kappa shape index (κ1) is 20.1. The van der Waals surface area contributed by atoms with Crippen molar-refractivity contribution >= 4 is 45.6 Å². The molecule has 1 aromatic rings. The Bertz CT molecular complexity index is 1040. The summed E-state index contributed by atoms with van der Waals surface area (Å²) in [7, 11) is -0.366. The summed E-state index contributed by atoms with van der Waals surface area (Å²) in [6.07, 6.45) is 1.30. The molecule has 3 heterocycles. The lowest BCUT2D eigenvalue weighted by molar-refractivity contribution is -0.136. The molecule has 2 atom stereocenters. The van der Waals surface area contributed by atoms with Crippen LogP contribution in [0.1, 0.15) is 6.42 Å². The first-order chi connectivity index (χ1) is 14.2. The van der Waals surface area contributed by atoms with Gasteiger partial charge in [-0.3, -0.25) is 18.8 Å². The molecule has 3 aliphatic rings. The van der Waals surface area contributed by atoms with E-state index in [1.54, 1.807) is 31.3 Å². The van der Waals surface area contributed by atoms with Gasteiger partial charge in [0.25, 0.3) is 5.91 Å². The maximum atomic E-state index is 12.6. The van der Waals surface area contributed by atoms with Crippen LogP contribution in [0.3, 0.4) is 0 Å². The summed E-state index contributed by atoms with van der Waals surface area (Å²) in [6.45, 7) is 0.271. The molecule has 0 aromatic heterocycles. The Labute approximate surface area is 174 Å². The van der Waals surface area contributed by atoms with Crippen LogP contribution >= 0.6 is 0 Å². The molecule has 0 aliphatic carbocycles. The van der Waals surface area contributed by atoms with Gasteiger partial charge in [0.05, 0.1) is 24.3 Å². The number of aliphatic imine (C=N–C) groups is 1. The van der Waals surface area contributed by atoms with Crippen LogP contribution in [0.4, 0.5) is 16.2 Å². The van der Waals surface area contributed by atoms with Crippen LogP contribution in [-0.2, 0) is 19.6 Å². The van der Waals surface area contributed by atoms with Crippen molar-refractivity contribution < 1.29 is 22.8 Å². The molecule has 160 valence electrons. The molecule has 30 heavy (non-hydrogen) atoms. The van der Waals surface area contributed by atoms with Gasteiger partial charge in [-0.15, -0.1) is 0 Å². The second-order valence-electron chi connectivity index (χ2n) is 7.43. The first-order valence-electron chi connectivity index (χ1n) is 9.43. The molecule has 4 amide bonds. The smallest absolute Gasteiger partial charge is 0.328 e. The summed E-state index contributed by atoms with van der Waals surface area (Å²) in [6, 6.07) is 5.42. The Morgan fingerprint density at radius 2 is 2.03 bits per heavy atom. The molecule has 1 N–H and O–H groups in total. The fourth-order valence-corrected chi connectivity index (χ4v) is 5.43. The predicted octanol–water partition coefficient (Wildman–Crippen LogP) is -0.273. The minimum atomic E-state index is -3.32. The van der Waals surface area contributed by atoms with Gasteiger partial charge in [-0.25, -0.2) is 18.2 Å². The molecule has 12 heteroatoms. The quantitative estimate of drug-likeness (QED) is 0.696. The van der Waals surface area contributed by atoms with E-state index < -0.39 is 40.1 Å².